The molecule has 0 aliphatic rings. The SMILES string of the molecule is [O-]N(O)CCc1ccc(Oc2cccc(F)c2)nc1. The molecule has 0 amide bonds. The van der Waals surface area contributed by atoms with Crippen molar-refractivity contribution in [3.63, 3.8) is 0 Å². The minimum atomic E-state index is -0.382. The van der Waals surface area contributed by atoms with Crippen LogP contribution in [0.2, 0.25) is 0 Å². The number of benzene rings is 1. The second-order valence-electron chi connectivity index (χ2n) is 3.89. The lowest BCUT2D eigenvalue weighted by Gasteiger charge is -2.18. The molecule has 0 atom stereocenters. The van der Waals surface area contributed by atoms with Gasteiger partial charge in [0.2, 0.25) is 5.88 Å². The number of nitrogens with zero attached hydrogens (tertiary/aromatic N) is 2. The third kappa shape index (κ3) is 4.29. The van der Waals surface area contributed by atoms with Crippen molar-refractivity contribution in [1.82, 2.24) is 10.2 Å². The lowest BCUT2D eigenvalue weighted by molar-refractivity contribution is -0.0391. The van der Waals surface area contributed by atoms with Gasteiger partial charge in [0, 0.05) is 24.9 Å². The first-order valence-electron chi connectivity index (χ1n) is 5.65. The second-order valence-corrected chi connectivity index (χ2v) is 3.89. The maximum absolute atomic E-state index is 13.0. The van der Waals surface area contributed by atoms with Crippen LogP contribution >= 0.6 is 0 Å². The molecule has 0 aliphatic carbocycles. The average Bonchev–Trinajstić information content (AvgIpc) is 2.38. The van der Waals surface area contributed by atoms with Crippen LogP contribution in [-0.2, 0) is 6.42 Å². The Bertz CT molecular complexity index is 532. The smallest absolute Gasteiger partial charge is 0.219 e. The summed E-state index contributed by atoms with van der Waals surface area (Å²) in [5, 5.41) is 18.7. The minimum Gasteiger partial charge on any atom is -0.762 e. The molecular formula is C13H12FN2O3-. The molecule has 2 aromatic rings. The van der Waals surface area contributed by atoms with Crippen LogP contribution in [0.15, 0.2) is 42.6 Å². The Hall–Kier alpha value is -2.02. The molecule has 19 heavy (non-hydrogen) atoms. The topological polar surface area (TPSA) is 68.7 Å². The van der Waals surface area contributed by atoms with Gasteiger partial charge in [-0.05, 0) is 24.1 Å². The van der Waals surface area contributed by atoms with Crippen LogP contribution in [0.3, 0.4) is 0 Å². The highest BCUT2D eigenvalue weighted by molar-refractivity contribution is 5.28. The zero-order chi connectivity index (χ0) is 13.7. The summed E-state index contributed by atoms with van der Waals surface area (Å²) in [7, 11) is 0. The molecular weight excluding hydrogens is 251 g/mol. The highest BCUT2D eigenvalue weighted by Gasteiger charge is 2.01. The zero-order valence-corrected chi connectivity index (χ0v) is 9.99. The van der Waals surface area contributed by atoms with Crippen molar-refractivity contribution in [1.29, 1.82) is 0 Å². The first-order valence-corrected chi connectivity index (χ1v) is 5.65. The van der Waals surface area contributed by atoms with E-state index in [-0.39, 0.29) is 17.6 Å². The van der Waals surface area contributed by atoms with Gasteiger partial charge >= 0.3 is 0 Å². The Labute approximate surface area is 109 Å². The molecule has 1 aromatic heterocycles. The Morgan fingerprint density at radius 3 is 2.79 bits per heavy atom. The molecule has 0 aliphatic heterocycles. The normalized spacial score (nSPS) is 10.7. The van der Waals surface area contributed by atoms with Crippen LogP contribution in [0.25, 0.3) is 0 Å². The molecule has 0 bridgehead atoms. The molecule has 0 fully saturated rings. The number of pyridine rings is 1. The predicted octanol–water partition coefficient (Wildman–Crippen LogP) is 2.74. The van der Waals surface area contributed by atoms with Gasteiger partial charge in [-0.15, -0.1) is 0 Å². The number of rotatable bonds is 5. The Morgan fingerprint density at radius 1 is 1.32 bits per heavy atom. The third-order valence-corrected chi connectivity index (χ3v) is 2.41. The second kappa shape index (κ2) is 6.24. The van der Waals surface area contributed by atoms with E-state index in [1.54, 1.807) is 24.3 Å². The van der Waals surface area contributed by atoms with Gasteiger partial charge in [-0.2, -0.15) is 0 Å². The fraction of sp³-hybridized carbons (Fsp3) is 0.154. The summed E-state index contributed by atoms with van der Waals surface area (Å²) in [6.07, 6.45) is 1.92. The Morgan fingerprint density at radius 2 is 2.16 bits per heavy atom. The van der Waals surface area contributed by atoms with Crippen molar-refractivity contribution in [3.05, 3.63) is 59.2 Å². The van der Waals surface area contributed by atoms with E-state index in [4.69, 9.17) is 9.94 Å². The molecule has 1 heterocycles. The van der Waals surface area contributed by atoms with E-state index < -0.39 is 0 Å². The highest BCUT2D eigenvalue weighted by atomic mass is 19.1. The largest absolute Gasteiger partial charge is 0.762 e. The Balaban J connectivity index is 1.98. The monoisotopic (exact) mass is 263 g/mol. The van der Waals surface area contributed by atoms with E-state index in [2.05, 4.69) is 4.98 Å². The molecule has 0 saturated carbocycles. The van der Waals surface area contributed by atoms with Crippen LogP contribution in [0, 0.1) is 11.0 Å². The van der Waals surface area contributed by atoms with E-state index in [0.717, 1.165) is 5.56 Å². The van der Waals surface area contributed by atoms with Crippen LogP contribution in [0.4, 0.5) is 4.39 Å². The number of ether oxygens (including phenoxy) is 1. The summed E-state index contributed by atoms with van der Waals surface area (Å²) in [5.41, 5.74) is 0.793. The molecule has 0 spiro atoms. The summed E-state index contributed by atoms with van der Waals surface area (Å²) in [5.74, 6) is 0.311. The van der Waals surface area contributed by atoms with Crippen LogP contribution in [0.1, 0.15) is 5.56 Å². The van der Waals surface area contributed by atoms with E-state index in [1.807, 2.05) is 0 Å². The highest BCUT2D eigenvalue weighted by Crippen LogP contribution is 2.20. The molecule has 100 valence electrons. The first-order chi connectivity index (χ1) is 9.13. The van der Waals surface area contributed by atoms with Crippen molar-refractivity contribution in [2.75, 3.05) is 6.54 Å². The maximum atomic E-state index is 13.0. The predicted molar refractivity (Wildman–Crippen MR) is 66.3 cm³/mol. The average molecular weight is 263 g/mol. The Kier molecular flexibility index (Phi) is 4.40. The number of hydrogen-bond donors (Lipinski definition) is 1. The van der Waals surface area contributed by atoms with Crippen molar-refractivity contribution < 1.29 is 14.3 Å². The van der Waals surface area contributed by atoms with Crippen molar-refractivity contribution in [2.45, 2.75) is 6.42 Å². The first kappa shape index (κ1) is 13.4. The van der Waals surface area contributed by atoms with Crippen LogP contribution < -0.4 is 4.74 Å². The number of aromatic nitrogens is 1. The van der Waals surface area contributed by atoms with Crippen molar-refractivity contribution in [3.8, 4) is 11.6 Å². The fourth-order valence-corrected chi connectivity index (χ4v) is 1.50. The van der Waals surface area contributed by atoms with E-state index in [9.17, 15) is 9.60 Å². The van der Waals surface area contributed by atoms with Crippen molar-refractivity contribution in [2.24, 2.45) is 0 Å². The van der Waals surface area contributed by atoms with E-state index in [0.29, 0.717) is 18.1 Å². The van der Waals surface area contributed by atoms with Crippen molar-refractivity contribution >= 4 is 0 Å². The quantitative estimate of drug-likeness (QED) is 0.840. The summed E-state index contributed by atoms with van der Waals surface area (Å²) in [6, 6.07) is 9.10. The molecule has 6 heteroatoms. The van der Waals surface area contributed by atoms with Gasteiger partial charge < -0.3 is 15.2 Å². The van der Waals surface area contributed by atoms with Gasteiger partial charge in [0.05, 0.1) is 0 Å². The summed E-state index contributed by atoms with van der Waals surface area (Å²) < 4.78 is 18.3. The molecule has 5 nitrogen and oxygen atoms in total. The van der Waals surface area contributed by atoms with Gasteiger partial charge in [-0.3, -0.25) is 5.23 Å². The van der Waals surface area contributed by atoms with Gasteiger partial charge in [-0.1, -0.05) is 12.1 Å². The van der Waals surface area contributed by atoms with Crippen LogP contribution in [0.5, 0.6) is 11.6 Å². The molecule has 2 rings (SSSR count). The molecule has 1 aromatic carbocycles. The van der Waals surface area contributed by atoms with Gasteiger partial charge in [0.15, 0.2) is 0 Å². The zero-order valence-electron chi connectivity index (χ0n) is 9.99. The third-order valence-electron chi connectivity index (χ3n) is 2.41. The van der Waals surface area contributed by atoms with Gasteiger partial charge in [-0.25, -0.2) is 9.37 Å². The molecule has 0 unspecified atom stereocenters. The molecule has 1 N–H and O–H groups in total. The van der Waals surface area contributed by atoms with E-state index >= 15 is 0 Å². The summed E-state index contributed by atoms with van der Waals surface area (Å²) in [6.45, 7) is -0.0220. The number of hydrogen-bond acceptors (Lipinski definition) is 5. The lowest BCUT2D eigenvalue weighted by Crippen LogP contribution is -2.13. The van der Waals surface area contributed by atoms with Crippen LogP contribution in [-0.4, -0.2) is 22.0 Å². The lowest BCUT2D eigenvalue weighted by atomic mass is 10.2. The molecule has 0 radical (unpaired) electrons. The van der Waals surface area contributed by atoms with Gasteiger partial charge in [0.1, 0.15) is 11.6 Å². The van der Waals surface area contributed by atoms with Gasteiger partial charge in [0.25, 0.3) is 0 Å². The summed E-state index contributed by atoms with van der Waals surface area (Å²) >= 11 is 0. The summed E-state index contributed by atoms with van der Waals surface area (Å²) in [4.78, 5) is 4.03. The fourth-order valence-electron chi connectivity index (χ4n) is 1.50. The number of halogens is 1. The van der Waals surface area contributed by atoms with E-state index in [1.165, 1.54) is 18.3 Å². The standard InChI is InChI=1S/C13H12FN2O3/c14-11-2-1-3-12(8-11)19-13-5-4-10(9-15-13)6-7-16(17)18/h1-5,8-9,17H,6-7H2/q-1. The minimum absolute atomic E-state index is 0.0220. The number of hydroxylamine groups is 2. The maximum Gasteiger partial charge on any atom is 0.219 e. The molecule has 0 saturated heterocycles.